The van der Waals surface area contributed by atoms with Gasteiger partial charge in [0.1, 0.15) is 0 Å². The summed E-state index contributed by atoms with van der Waals surface area (Å²) in [6.45, 7) is 1.83. The Morgan fingerprint density at radius 1 is 1.05 bits per heavy atom. The van der Waals surface area contributed by atoms with Crippen LogP contribution in [0.5, 0.6) is 0 Å². The third kappa shape index (κ3) is 3.55. The van der Waals surface area contributed by atoms with Crippen molar-refractivity contribution in [3.63, 3.8) is 0 Å². The smallest absolute Gasteiger partial charge is 0.261 e. The van der Waals surface area contributed by atoms with Crippen molar-refractivity contribution >= 4 is 59.2 Å². The van der Waals surface area contributed by atoms with Crippen LogP contribution in [0.2, 0.25) is 5.02 Å². The Balaban J connectivity index is 2.40. The summed E-state index contributed by atoms with van der Waals surface area (Å²) in [5.41, 5.74) is 1.25. The molecular weight excluding hydrogens is 429 g/mol. The van der Waals surface area contributed by atoms with Gasteiger partial charge >= 0.3 is 0 Å². The van der Waals surface area contributed by atoms with E-state index in [0.717, 1.165) is 10.0 Å². The Hall–Kier alpha value is -0.560. The molecule has 2 rings (SSSR count). The molecule has 0 unspecified atom stereocenters. The van der Waals surface area contributed by atoms with Crippen LogP contribution in [0.25, 0.3) is 0 Å². The van der Waals surface area contributed by atoms with Crippen LogP contribution in [0.15, 0.2) is 50.2 Å². The molecule has 0 aliphatic rings. The first-order chi connectivity index (χ1) is 9.29. The zero-order valence-electron chi connectivity index (χ0n) is 10.3. The van der Waals surface area contributed by atoms with Crippen molar-refractivity contribution in [3.05, 3.63) is 55.9 Å². The molecule has 106 valence electrons. The SMILES string of the molecule is Cc1cc(S(=O)(=O)Nc2cc(Cl)ccc2Br)ccc1Br. The van der Waals surface area contributed by atoms with Gasteiger partial charge in [-0.3, -0.25) is 4.72 Å². The van der Waals surface area contributed by atoms with E-state index in [1.54, 1.807) is 30.3 Å². The van der Waals surface area contributed by atoms with E-state index in [4.69, 9.17) is 11.6 Å². The predicted octanol–water partition coefficient (Wildman–Crippen LogP) is 4.97. The Morgan fingerprint density at radius 2 is 1.70 bits per heavy atom. The number of benzene rings is 2. The maximum atomic E-state index is 12.3. The molecule has 0 saturated carbocycles. The fourth-order valence-corrected chi connectivity index (χ4v) is 3.61. The lowest BCUT2D eigenvalue weighted by atomic mass is 10.2. The summed E-state index contributed by atoms with van der Waals surface area (Å²) in [7, 11) is -3.65. The lowest BCUT2D eigenvalue weighted by molar-refractivity contribution is 0.601. The van der Waals surface area contributed by atoms with E-state index in [-0.39, 0.29) is 4.90 Å². The molecule has 0 heterocycles. The Labute approximate surface area is 139 Å². The number of sulfonamides is 1. The predicted molar refractivity (Wildman–Crippen MR) is 88.8 cm³/mol. The lowest BCUT2D eigenvalue weighted by Gasteiger charge is -2.11. The number of halogens is 3. The fraction of sp³-hybridized carbons (Fsp3) is 0.0769. The molecule has 2 aromatic carbocycles. The molecule has 2 aromatic rings. The van der Waals surface area contributed by atoms with Gasteiger partial charge in [0.05, 0.1) is 10.6 Å². The molecule has 0 aromatic heterocycles. The summed E-state index contributed by atoms with van der Waals surface area (Å²) in [5.74, 6) is 0. The molecule has 0 amide bonds. The van der Waals surface area contributed by atoms with E-state index in [0.29, 0.717) is 15.2 Å². The molecule has 1 N–H and O–H groups in total. The van der Waals surface area contributed by atoms with E-state index < -0.39 is 10.0 Å². The summed E-state index contributed by atoms with van der Waals surface area (Å²) >= 11 is 12.5. The molecule has 0 aliphatic carbocycles. The average molecular weight is 440 g/mol. The monoisotopic (exact) mass is 437 g/mol. The number of hydrogen-bond acceptors (Lipinski definition) is 2. The number of rotatable bonds is 3. The van der Waals surface area contributed by atoms with Crippen molar-refractivity contribution in [2.24, 2.45) is 0 Å². The molecule has 0 atom stereocenters. The minimum absolute atomic E-state index is 0.199. The molecule has 0 spiro atoms. The topological polar surface area (TPSA) is 46.2 Å². The van der Waals surface area contributed by atoms with Crippen LogP contribution in [0.3, 0.4) is 0 Å². The van der Waals surface area contributed by atoms with Crippen LogP contribution < -0.4 is 4.72 Å². The number of hydrogen-bond donors (Lipinski definition) is 1. The van der Waals surface area contributed by atoms with Crippen LogP contribution in [0.1, 0.15) is 5.56 Å². The first-order valence-electron chi connectivity index (χ1n) is 5.53. The van der Waals surface area contributed by atoms with E-state index in [1.807, 2.05) is 6.92 Å². The van der Waals surface area contributed by atoms with Gasteiger partial charge in [0, 0.05) is 14.0 Å². The van der Waals surface area contributed by atoms with E-state index in [9.17, 15) is 8.42 Å². The third-order valence-corrected chi connectivity index (χ3v) is 5.79. The zero-order valence-corrected chi connectivity index (χ0v) is 15.1. The molecule has 0 bridgehead atoms. The maximum absolute atomic E-state index is 12.3. The Morgan fingerprint density at radius 3 is 2.35 bits per heavy atom. The first-order valence-corrected chi connectivity index (χ1v) is 8.98. The Kier molecular flexibility index (Phi) is 4.79. The molecule has 20 heavy (non-hydrogen) atoms. The van der Waals surface area contributed by atoms with Crippen LogP contribution in [0.4, 0.5) is 5.69 Å². The van der Waals surface area contributed by atoms with Crippen LogP contribution in [-0.2, 0) is 10.0 Å². The van der Waals surface area contributed by atoms with Crippen LogP contribution in [0, 0.1) is 6.92 Å². The minimum Gasteiger partial charge on any atom is -0.278 e. The molecule has 0 radical (unpaired) electrons. The summed E-state index contributed by atoms with van der Waals surface area (Å²) in [6, 6.07) is 9.76. The molecular formula is C13H10Br2ClNO2S. The van der Waals surface area contributed by atoms with Gasteiger partial charge in [-0.05, 0) is 64.8 Å². The second-order valence-electron chi connectivity index (χ2n) is 4.14. The highest BCUT2D eigenvalue weighted by Gasteiger charge is 2.16. The van der Waals surface area contributed by atoms with Crippen molar-refractivity contribution in [1.82, 2.24) is 0 Å². The van der Waals surface area contributed by atoms with Gasteiger partial charge in [-0.25, -0.2) is 8.42 Å². The van der Waals surface area contributed by atoms with Crippen molar-refractivity contribution in [2.75, 3.05) is 4.72 Å². The maximum Gasteiger partial charge on any atom is 0.261 e. The van der Waals surface area contributed by atoms with Gasteiger partial charge in [0.25, 0.3) is 10.0 Å². The van der Waals surface area contributed by atoms with Gasteiger partial charge in [-0.2, -0.15) is 0 Å². The standard InChI is InChI=1S/C13H10Br2ClNO2S/c1-8-6-10(3-5-11(8)14)20(18,19)17-13-7-9(16)2-4-12(13)15/h2-7,17H,1H3. The fourth-order valence-electron chi connectivity index (χ4n) is 1.56. The molecule has 0 saturated heterocycles. The normalized spacial score (nSPS) is 11.4. The average Bonchev–Trinajstić information content (AvgIpc) is 2.36. The van der Waals surface area contributed by atoms with Crippen molar-refractivity contribution < 1.29 is 8.42 Å². The van der Waals surface area contributed by atoms with Crippen molar-refractivity contribution in [3.8, 4) is 0 Å². The van der Waals surface area contributed by atoms with Crippen LogP contribution >= 0.6 is 43.5 Å². The number of nitrogens with one attached hydrogen (secondary N) is 1. The lowest BCUT2D eigenvalue weighted by Crippen LogP contribution is -2.13. The second-order valence-corrected chi connectivity index (χ2v) is 7.97. The highest BCUT2D eigenvalue weighted by atomic mass is 79.9. The van der Waals surface area contributed by atoms with Crippen LogP contribution in [-0.4, -0.2) is 8.42 Å². The molecule has 0 fully saturated rings. The Bertz CT molecular complexity index is 763. The number of anilines is 1. The first kappa shape index (κ1) is 15.8. The van der Waals surface area contributed by atoms with Crippen molar-refractivity contribution in [1.29, 1.82) is 0 Å². The minimum atomic E-state index is -3.65. The molecule has 0 aliphatic heterocycles. The van der Waals surface area contributed by atoms with Gasteiger partial charge in [0.15, 0.2) is 0 Å². The summed E-state index contributed by atoms with van der Waals surface area (Å²) in [6.07, 6.45) is 0. The van der Waals surface area contributed by atoms with Gasteiger partial charge in [-0.1, -0.05) is 27.5 Å². The highest BCUT2D eigenvalue weighted by Crippen LogP contribution is 2.29. The van der Waals surface area contributed by atoms with E-state index in [2.05, 4.69) is 36.6 Å². The van der Waals surface area contributed by atoms with E-state index in [1.165, 1.54) is 6.07 Å². The van der Waals surface area contributed by atoms with Gasteiger partial charge in [-0.15, -0.1) is 0 Å². The largest absolute Gasteiger partial charge is 0.278 e. The van der Waals surface area contributed by atoms with Gasteiger partial charge < -0.3 is 0 Å². The summed E-state index contributed by atoms with van der Waals surface area (Å²) in [4.78, 5) is 0.199. The van der Waals surface area contributed by atoms with Crippen molar-refractivity contribution in [2.45, 2.75) is 11.8 Å². The summed E-state index contributed by atoms with van der Waals surface area (Å²) in [5, 5.41) is 0.456. The van der Waals surface area contributed by atoms with E-state index >= 15 is 0 Å². The highest BCUT2D eigenvalue weighted by molar-refractivity contribution is 9.11. The third-order valence-electron chi connectivity index (χ3n) is 2.61. The van der Waals surface area contributed by atoms with Gasteiger partial charge in [0.2, 0.25) is 0 Å². The summed E-state index contributed by atoms with van der Waals surface area (Å²) < 4.78 is 28.7. The second kappa shape index (κ2) is 6.05. The quantitative estimate of drug-likeness (QED) is 0.734. The molecule has 7 heteroatoms. The molecule has 3 nitrogen and oxygen atoms in total. The number of aryl methyl sites for hydroxylation is 1. The zero-order chi connectivity index (χ0) is 14.9.